The van der Waals surface area contributed by atoms with E-state index in [1.54, 1.807) is 0 Å². The molecule has 0 atom stereocenters. The summed E-state index contributed by atoms with van der Waals surface area (Å²) < 4.78 is 0.740. The number of halogens is 1. The van der Waals surface area contributed by atoms with Gasteiger partial charge in [-0.25, -0.2) is 15.0 Å². The molecule has 0 aromatic carbocycles. The van der Waals surface area contributed by atoms with Gasteiger partial charge in [0.25, 0.3) is 0 Å². The summed E-state index contributed by atoms with van der Waals surface area (Å²) in [6, 6.07) is 1.91. The largest absolute Gasteiger partial charge is 0.391 e. The van der Waals surface area contributed by atoms with Crippen molar-refractivity contribution in [3.8, 4) is 0 Å². The van der Waals surface area contributed by atoms with Gasteiger partial charge in [-0.3, -0.25) is 0 Å². The van der Waals surface area contributed by atoms with Crippen molar-refractivity contribution in [3.63, 3.8) is 0 Å². The predicted octanol–water partition coefficient (Wildman–Crippen LogP) is 2.85. The maximum absolute atomic E-state index is 9.03. The highest BCUT2D eigenvalue weighted by molar-refractivity contribution is 8.00. The Kier molecular flexibility index (Phi) is 3.98. The molecule has 2 aromatic rings. The number of thiazole rings is 1. The van der Waals surface area contributed by atoms with Gasteiger partial charge in [-0.2, -0.15) is 0 Å². The summed E-state index contributed by atoms with van der Waals surface area (Å²) >= 11 is 8.57. The Hall–Kier alpha value is -0.690. The Balaban J connectivity index is 2.24. The maximum Gasteiger partial charge on any atom is 0.195 e. The number of hydrogen-bond donors (Lipinski definition) is 1. The monoisotopic (exact) mass is 287 g/mol. The molecular formula is C10H10ClN3OS2. The molecule has 0 saturated carbocycles. The van der Waals surface area contributed by atoms with Gasteiger partial charge < -0.3 is 5.11 Å². The molecule has 1 N–H and O–H groups in total. The van der Waals surface area contributed by atoms with Gasteiger partial charge >= 0.3 is 0 Å². The van der Waals surface area contributed by atoms with E-state index in [9.17, 15) is 0 Å². The van der Waals surface area contributed by atoms with Crippen LogP contribution < -0.4 is 0 Å². The molecule has 2 rings (SSSR count). The molecule has 0 unspecified atom stereocenters. The molecule has 17 heavy (non-hydrogen) atoms. The van der Waals surface area contributed by atoms with Gasteiger partial charge in [0.15, 0.2) is 9.50 Å². The van der Waals surface area contributed by atoms with Crippen molar-refractivity contribution in [2.45, 2.75) is 30.0 Å². The van der Waals surface area contributed by atoms with Gasteiger partial charge in [0.05, 0.1) is 11.5 Å². The highest BCUT2D eigenvalue weighted by atomic mass is 35.5. The molecule has 0 fully saturated rings. The fourth-order valence-electron chi connectivity index (χ4n) is 1.27. The quantitative estimate of drug-likeness (QED) is 0.880. The fourth-order valence-corrected chi connectivity index (χ4v) is 3.54. The van der Waals surface area contributed by atoms with Crippen LogP contribution >= 0.6 is 34.7 Å². The zero-order chi connectivity index (χ0) is 12.4. The lowest BCUT2D eigenvalue weighted by atomic mass is 10.4. The standard InChI is InChI=1S/C10H10ClN3OS2/c1-5-3-6(2)13-9(12-5)17-10-14-8(11)7(4-15)16-10/h3,15H,4H2,1-2H3. The second-order valence-corrected chi connectivity index (χ2v) is 6.04. The maximum atomic E-state index is 9.03. The van der Waals surface area contributed by atoms with Crippen LogP contribution in [0.4, 0.5) is 0 Å². The Morgan fingerprint density at radius 3 is 2.47 bits per heavy atom. The van der Waals surface area contributed by atoms with Crippen LogP contribution in [0.1, 0.15) is 16.3 Å². The minimum atomic E-state index is -0.0925. The third kappa shape index (κ3) is 3.16. The number of aryl methyl sites for hydroxylation is 2. The smallest absolute Gasteiger partial charge is 0.195 e. The van der Waals surface area contributed by atoms with E-state index in [2.05, 4.69) is 15.0 Å². The van der Waals surface area contributed by atoms with E-state index in [1.165, 1.54) is 23.1 Å². The lowest BCUT2D eigenvalue weighted by Gasteiger charge is -1.99. The first-order chi connectivity index (χ1) is 8.08. The summed E-state index contributed by atoms with van der Waals surface area (Å²) in [4.78, 5) is 13.4. The Morgan fingerprint density at radius 2 is 1.94 bits per heavy atom. The topological polar surface area (TPSA) is 58.9 Å². The van der Waals surface area contributed by atoms with Crippen LogP contribution in [0.15, 0.2) is 15.6 Å². The first-order valence-electron chi connectivity index (χ1n) is 4.84. The molecule has 90 valence electrons. The Labute approximate surface area is 112 Å². The SMILES string of the molecule is Cc1cc(C)nc(Sc2nc(Cl)c(CO)s2)n1. The molecule has 0 bridgehead atoms. The summed E-state index contributed by atoms with van der Waals surface area (Å²) in [5.74, 6) is 0. The minimum Gasteiger partial charge on any atom is -0.391 e. The van der Waals surface area contributed by atoms with Crippen molar-refractivity contribution in [3.05, 3.63) is 27.5 Å². The van der Waals surface area contributed by atoms with Crippen molar-refractivity contribution < 1.29 is 5.11 Å². The third-order valence-corrected chi connectivity index (χ3v) is 4.30. The number of aromatic nitrogens is 3. The molecule has 0 saturated heterocycles. The highest BCUT2D eigenvalue weighted by Crippen LogP contribution is 2.33. The third-order valence-electron chi connectivity index (χ3n) is 1.91. The summed E-state index contributed by atoms with van der Waals surface area (Å²) in [6.45, 7) is 3.75. The van der Waals surface area contributed by atoms with Crippen LogP contribution in [0.3, 0.4) is 0 Å². The average Bonchev–Trinajstić information content (AvgIpc) is 2.57. The van der Waals surface area contributed by atoms with Crippen molar-refractivity contribution in [2.24, 2.45) is 0 Å². The number of aliphatic hydroxyl groups is 1. The van der Waals surface area contributed by atoms with Crippen LogP contribution in [0.5, 0.6) is 0 Å². The van der Waals surface area contributed by atoms with Crippen LogP contribution in [-0.2, 0) is 6.61 Å². The minimum absolute atomic E-state index is 0.0925. The molecule has 0 aliphatic rings. The highest BCUT2D eigenvalue weighted by Gasteiger charge is 2.11. The van der Waals surface area contributed by atoms with Gasteiger partial charge in [-0.15, -0.1) is 11.3 Å². The van der Waals surface area contributed by atoms with Crippen molar-refractivity contribution in [1.29, 1.82) is 0 Å². The van der Waals surface area contributed by atoms with Gasteiger partial charge in [-0.05, 0) is 31.7 Å². The van der Waals surface area contributed by atoms with E-state index in [4.69, 9.17) is 16.7 Å². The lowest BCUT2D eigenvalue weighted by Crippen LogP contribution is -1.92. The van der Waals surface area contributed by atoms with Crippen LogP contribution in [0.2, 0.25) is 5.15 Å². The Morgan fingerprint density at radius 1 is 1.29 bits per heavy atom. The van der Waals surface area contributed by atoms with E-state index in [-0.39, 0.29) is 6.61 Å². The van der Waals surface area contributed by atoms with Gasteiger partial charge in [0, 0.05) is 11.4 Å². The number of nitrogens with zero attached hydrogens (tertiary/aromatic N) is 3. The molecule has 0 radical (unpaired) electrons. The number of aliphatic hydroxyl groups excluding tert-OH is 1. The molecule has 0 aliphatic carbocycles. The molecule has 0 amide bonds. The second-order valence-electron chi connectivity index (χ2n) is 3.39. The fraction of sp³-hybridized carbons (Fsp3) is 0.300. The molecule has 0 spiro atoms. The van der Waals surface area contributed by atoms with E-state index in [0.29, 0.717) is 15.2 Å². The molecular weight excluding hydrogens is 278 g/mol. The summed E-state index contributed by atoms with van der Waals surface area (Å²) in [5.41, 5.74) is 1.84. The zero-order valence-corrected chi connectivity index (χ0v) is 11.7. The van der Waals surface area contributed by atoms with E-state index in [0.717, 1.165) is 15.7 Å². The van der Waals surface area contributed by atoms with E-state index >= 15 is 0 Å². The van der Waals surface area contributed by atoms with E-state index in [1.807, 2.05) is 19.9 Å². The van der Waals surface area contributed by atoms with Crippen molar-refractivity contribution in [1.82, 2.24) is 15.0 Å². The van der Waals surface area contributed by atoms with Crippen LogP contribution in [0.25, 0.3) is 0 Å². The van der Waals surface area contributed by atoms with E-state index < -0.39 is 0 Å². The van der Waals surface area contributed by atoms with Gasteiger partial charge in [0.2, 0.25) is 0 Å². The zero-order valence-electron chi connectivity index (χ0n) is 9.27. The molecule has 7 heteroatoms. The normalized spacial score (nSPS) is 10.8. The van der Waals surface area contributed by atoms with Crippen molar-refractivity contribution >= 4 is 34.7 Å². The van der Waals surface area contributed by atoms with Crippen LogP contribution in [-0.4, -0.2) is 20.1 Å². The van der Waals surface area contributed by atoms with Gasteiger partial charge in [0.1, 0.15) is 5.15 Å². The molecule has 2 aromatic heterocycles. The summed E-state index contributed by atoms with van der Waals surface area (Å²) in [5, 5.41) is 10.0. The van der Waals surface area contributed by atoms with Gasteiger partial charge in [-0.1, -0.05) is 11.6 Å². The average molecular weight is 288 g/mol. The lowest BCUT2D eigenvalue weighted by molar-refractivity contribution is 0.285. The molecule has 4 nitrogen and oxygen atoms in total. The van der Waals surface area contributed by atoms with Crippen LogP contribution in [0, 0.1) is 13.8 Å². The summed E-state index contributed by atoms with van der Waals surface area (Å²) in [7, 11) is 0. The first kappa shape index (κ1) is 12.8. The first-order valence-corrected chi connectivity index (χ1v) is 6.86. The second kappa shape index (κ2) is 5.30. The Bertz CT molecular complexity index is 524. The predicted molar refractivity (Wildman–Crippen MR) is 68.7 cm³/mol. The molecule has 2 heterocycles. The number of hydrogen-bond acceptors (Lipinski definition) is 6. The van der Waals surface area contributed by atoms with Crippen molar-refractivity contribution in [2.75, 3.05) is 0 Å². The molecule has 0 aliphatic heterocycles. The number of rotatable bonds is 3. The summed E-state index contributed by atoms with van der Waals surface area (Å²) in [6.07, 6.45) is 0.